The molecule has 0 aliphatic heterocycles. The maximum atomic E-state index is 6.33. The third-order valence-corrected chi connectivity index (χ3v) is 5.17. The number of hydrogen-bond donors (Lipinski definition) is 0. The van der Waals surface area contributed by atoms with Crippen LogP contribution >= 0.6 is 27.5 Å². The van der Waals surface area contributed by atoms with Gasteiger partial charge in [0.1, 0.15) is 0 Å². The first-order valence-corrected chi connectivity index (χ1v) is 7.15. The number of aromatic nitrogens is 2. The standard InChI is InChI=1S/C12H18BrClN2/c1-4-16-10(11(14)8(2)15-16)7-12(5-6-12)9(3)13/h9H,4-7H2,1-3H3. The Morgan fingerprint density at radius 1 is 1.56 bits per heavy atom. The Labute approximate surface area is 110 Å². The minimum atomic E-state index is 0.420. The van der Waals surface area contributed by atoms with Crippen LogP contribution in [0, 0.1) is 12.3 Å². The number of nitrogens with zero attached hydrogens (tertiary/aromatic N) is 2. The average molecular weight is 306 g/mol. The fourth-order valence-corrected chi connectivity index (χ4v) is 3.07. The van der Waals surface area contributed by atoms with Gasteiger partial charge in [-0.05, 0) is 38.5 Å². The van der Waals surface area contributed by atoms with Gasteiger partial charge in [-0.1, -0.05) is 34.5 Å². The van der Waals surface area contributed by atoms with E-state index in [9.17, 15) is 0 Å². The van der Waals surface area contributed by atoms with Gasteiger partial charge in [0.25, 0.3) is 0 Å². The molecule has 0 aromatic carbocycles. The van der Waals surface area contributed by atoms with Crippen molar-refractivity contribution in [2.24, 2.45) is 5.41 Å². The summed E-state index contributed by atoms with van der Waals surface area (Å²) < 4.78 is 2.05. The fraction of sp³-hybridized carbons (Fsp3) is 0.750. The van der Waals surface area contributed by atoms with Gasteiger partial charge in [-0.2, -0.15) is 5.10 Å². The van der Waals surface area contributed by atoms with Gasteiger partial charge >= 0.3 is 0 Å². The van der Waals surface area contributed by atoms with Gasteiger partial charge in [0.05, 0.1) is 16.4 Å². The zero-order chi connectivity index (χ0) is 11.9. The van der Waals surface area contributed by atoms with E-state index in [0.29, 0.717) is 10.2 Å². The highest BCUT2D eigenvalue weighted by molar-refractivity contribution is 9.09. The summed E-state index contributed by atoms with van der Waals surface area (Å²) in [6.07, 6.45) is 3.64. The average Bonchev–Trinajstić information content (AvgIpc) is 2.97. The van der Waals surface area contributed by atoms with E-state index in [-0.39, 0.29) is 0 Å². The Morgan fingerprint density at radius 3 is 2.62 bits per heavy atom. The number of hydrogen-bond acceptors (Lipinski definition) is 1. The summed E-state index contributed by atoms with van der Waals surface area (Å²) >= 11 is 10.1. The molecule has 1 unspecified atom stereocenters. The zero-order valence-corrected chi connectivity index (χ0v) is 12.4. The molecule has 1 saturated carbocycles. The van der Waals surface area contributed by atoms with Crippen LogP contribution in [0.15, 0.2) is 0 Å². The van der Waals surface area contributed by atoms with Crippen LogP contribution in [0.4, 0.5) is 0 Å². The molecule has 16 heavy (non-hydrogen) atoms. The first kappa shape index (κ1) is 12.4. The van der Waals surface area contributed by atoms with E-state index in [4.69, 9.17) is 11.6 Å². The molecule has 1 heterocycles. The molecule has 4 heteroatoms. The van der Waals surface area contributed by atoms with Crippen molar-refractivity contribution in [2.45, 2.75) is 51.4 Å². The van der Waals surface area contributed by atoms with Crippen molar-refractivity contribution in [1.29, 1.82) is 0 Å². The number of halogens is 2. The molecule has 0 saturated heterocycles. The lowest BCUT2D eigenvalue weighted by atomic mass is 9.97. The van der Waals surface area contributed by atoms with E-state index < -0.39 is 0 Å². The Bertz CT molecular complexity index is 394. The predicted octanol–water partition coefficient (Wildman–Crippen LogP) is 3.97. The summed E-state index contributed by atoms with van der Waals surface area (Å²) in [6, 6.07) is 0. The van der Waals surface area contributed by atoms with Gasteiger partial charge < -0.3 is 0 Å². The van der Waals surface area contributed by atoms with Gasteiger partial charge in [0.15, 0.2) is 0 Å². The van der Waals surface area contributed by atoms with Crippen molar-refractivity contribution in [3.05, 3.63) is 16.4 Å². The molecule has 2 rings (SSSR count). The monoisotopic (exact) mass is 304 g/mol. The third kappa shape index (κ3) is 2.04. The number of aryl methyl sites for hydroxylation is 2. The molecule has 90 valence electrons. The molecule has 0 spiro atoms. The zero-order valence-electron chi connectivity index (χ0n) is 10.1. The summed E-state index contributed by atoms with van der Waals surface area (Å²) in [5, 5.41) is 5.33. The maximum Gasteiger partial charge on any atom is 0.0847 e. The third-order valence-electron chi connectivity index (χ3n) is 3.71. The van der Waals surface area contributed by atoms with Crippen molar-refractivity contribution >= 4 is 27.5 Å². The quantitative estimate of drug-likeness (QED) is 0.770. The normalized spacial score (nSPS) is 19.8. The lowest BCUT2D eigenvalue weighted by molar-refractivity contribution is 0.477. The second-order valence-corrected chi connectivity index (χ2v) is 6.57. The highest BCUT2D eigenvalue weighted by atomic mass is 79.9. The summed E-state index contributed by atoms with van der Waals surface area (Å²) in [5.74, 6) is 0. The second-order valence-electron chi connectivity index (χ2n) is 4.82. The highest BCUT2D eigenvalue weighted by Gasteiger charge is 2.47. The summed E-state index contributed by atoms with van der Waals surface area (Å²) in [6.45, 7) is 7.23. The number of rotatable bonds is 4. The van der Waals surface area contributed by atoms with Crippen LogP contribution in [0.1, 0.15) is 38.1 Å². The summed E-state index contributed by atoms with van der Waals surface area (Å²) in [5.41, 5.74) is 2.59. The fourth-order valence-electron chi connectivity index (χ4n) is 2.25. The molecule has 1 aromatic rings. The van der Waals surface area contributed by atoms with Crippen molar-refractivity contribution in [3.63, 3.8) is 0 Å². The van der Waals surface area contributed by atoms with Crippen molar-refractivity contribution in [1.82, 2.24) is 9.78 Å². The van der Waals surface area contributed by atoms with Crippen molar-refractivity contribution < 1.29 is 0 Å². The Balaban J connectivity index is 2.27. The summed E-state index contributed by atoms with van der Waals surface area (Å²) in [4.78, 5) is 0.552. The van der Waals surface area contributed by atoms with Crippen LogP contribution in [0.25, 0.3) is 0 Å². The second kappa shape index (κ2) is 4.34. The Kier molecular flexibility index (Phi) is 3.37. The molecule has 1 aliphatic carbocycles. The summed E-state index contributed by atoms with van der Waals surface area (Å²) in [7, 11) is 0. The maximum absolute atomic E-state index is 6.33. The van der Waals surface area contributed by atoms with E-state index in [1.54, 1.807) is 0 Å². The van der Waals surface area contributed by atoms with Crippen LogP contribution in [0.2, 0.25) is 5.02 Å². The molecule has 0 N–H and O–H groups in total. The molecule has 1 aliphatic rings. The van der Waals surface area contributed by atoms with Crippen LogP contribution < -0.4 is 0 Å². The van der Waals surface area contributed by atoms with Crippen molar-refractivity contribution in [3.8, 4) is 0 Å². The van der Waals surface area contributed by atoms with E-state index >= 15 is 0 Å². The minimum Gasteiger partial charge on any atom is -0.268 e. The van der Waals surface area contributed by atoms with Crippen molar-refractivity contribution in [2.75, 3.05) is 0 Å². The molecule has 0 radical (unpaired) electrons. The van der Waals surface area contributed by atoms with E-state index in [0.717, 1.165) is 23.7 Å². The first-order valence-electron chi connectivity index (χ1n) is 5.86. The van der Waals surface area contributed by atoms with Gasteiger partial charge in [0.2, 0.25) is 0 Å². The van der Waals surface area contributed by atoms with Gasteiger partial charge in [-0.15, -0.1) is 0 Å². The molecule has 1 atom stereocenters. The smallest absolute Gasteiger partial charge is 0.0847 e. The van der Waals surface area contributed by atoms with Gasteiger partial charge in [-0.3, -0.25) is 4.68 Å². The van der Waals surface area contributed by atoms with Crippen LogP contribution in [-0.4, -0.2) is 14.6 Å². The molecular formula is C12H18BrClN2. The topological polar surface area (TPSA) is 17.8 Å². The van der Waals surface area contributed by atoms with Crippen LogP contribution in [0.3, 0.4) is 0 Å². The van der Waals surface area contributed by atoms with Crippen LogP contribution in [-0.2, 0) is 13.0 Å². The van der Waals surface area contributed by atoms with E-state index in [1.165, 1.54) is 18.5 Å². The highest BCUT2D eigenvalue weighted by Crippen LogP contribution is 2.54. The molecule has 1 aromatic heterocycles. The van der Waals surface area contributed by atoms with Gasteiger partial charge in [0, 0.05) is 11.4 Å². The SMILES string of the molecule is CCn1nc(C)c(Cl)c1CC1(C(C)Br)CC1. The predicted molar refractivity (Wildman–Crippen MR) is 71.4 cm³/mol. The largest absolute Gasteiger partial charge is 0.268 e. The number of alkyl halides is 1. The van der Waals surface area contributed by atoms with Gasteiger partial charge in [-0.25, -0.2) is 0 Å². The molecule has 1 fully saturated rings. The lowest BCUT2D eigenvalue weighted by Gasteiger charge is -2.18. The van der Waals surface area contributed by atoms with E-state index in [1.807, 2.05) is 11.6 Å². The molecule has 0 bridgehead atoms. The molecular weight excluding hydrogens is 288 g/mol. The Morgan fingerprint density at radius 2 is 2.19 bits per heavy atom. The van der Waals surface area contributed by atoms with E-state index in [2.05, 4.69) is 34.9 Å². The first-order chi connectivity index (χ1) is 7.50. The molecule has 2 nitrogen and oxygen atoms in total. The minimum absolute atomic E-state index is 0.420. The van der Waals surface area contributed by atoms with Crippen LogP contribution in [0.5, 0.6) is 0 Å². The lowest BCUT2D eigenvalue weighted by Crippen LogP contribution is -2.18. The molecule has 0 amide bonds. The Hall–Kier alpha value is -0.0200.